The van der Waals surface area contributed by atoms with E-state index in [0.717, 1.165) is 75.3 Å². The van der Waals surface area contributed by atoms with Gasteiger partial charge in [-0.1, -0.05) is 37.1 Å². The van der Waals surface area contributed by atoms with Crippen LogP contribution in [-0.4, -0.2) is 49.5 Å². The number of benzene rings is 1. The molecule has 2 saturated carbocycles. The van der Waals surface area contributed by atoms with Crippen molar-refractivity contribution in [2.75, 3.05) is 13.2 Å². The number of carbonyl (C=O) groups is 4. The number of carbonyl (C=O) groups excluding carboxylic acids is 4. The fourth-order valence-electron chi connectivity index (χ4n) is 4.35. The minimum absolute atomic E-state index is 0.0816. The van der Waals surface area contributed by atoms with Gasteiger partial charge in [-0.3, -0.25) is 0 Å². The zero-order chi connectivity index (χ0) is 25.6. The predicted octanol–water partition coefficient (Wildman–Crippen LogP) is 3.89. The fourth-order valence-corrected chi connectivity index (χ4v) is 4.35. The Labute approximate surface area is 211 Å². The summed E-state index contributed by atoms with van der Waals surface area (Å²) in [5.41, 5.74) is 1.56. The van der Waals surface area contributed by atoms with Crippen molar-refractivity contribution in [3.8, 4) is 0 Å². The van der Waals surface area contributed by atoms with Crippen LogP contribution in [0.3, 0.4) is 0 Å². The molecular weight excluding hydrogens is 468 g/mol. The Morgan fingerprint density at radius 3 is 1.50 bits per heavy atom. The average molecular weight is 505 g/mol. The lowest BCUT2D eigenvalue weighted by molar-refractivity contribution is -0.154. The van der Waals surface area contributed by atoms with Crippen LogP contribution >= 0.6 is 0 Å². The molecule has 10 heteroatoms. The lowest BCUT2D eigenvalue weighted by Crippen LogP contribution is -2.29. The van der Waals surface area contributed by atoms with E-state index in [1.165, 1.54) is 0 Å². The molecule has 198 valence electrons. The van der Waals surface area contributed by atoms with E-state index in [4.69, 9.17) is 18.9 Å². The standard InChI is InChI=1S/C26H36N2O8/c29-23(35-21-10-3-1-4-11-21)17-33-25(31)27-15-19-8-7-9-20(14-19)16-28-26(32)34-18-24(30)36-22-12-5-2-6-13-22/h7-9,14,21-22H,1-6,10-13,15-18H2,(H,27,31)(H,28,32). The highest BCUT2D eigenvalue weighted by Gasteiger charge is 2.19. The summed E-state index contributed by atoms with van der Waals surface area (Å²) in [7, 11) is 0. The number of alkyl carbamates (subject to hydrolysis) is 2. The Bertz CT molecular complexity index is 811. The Balaban J connectivity index is 1.29. The van der Waals surface area contributed by atoms with Crippen LogP contribution in [0.15, 0.2) is 24.3 Å². The maximum absolute atomic E-state index is 11.9. The summed E-state index contributed by atoms with van der Waals surface area (Å²) in [5.74, 6) is -1.08. The van der Waals surface area contributed by atoms with Crippen LogP contribution in [0, 0.1) is 0 Å². The minimum Gasteiger partial charge on any atom is -0.460 e. The molecule has 2 fully saturated rings. The van der Waals surface area contributed by atoms with Gasteiger partial charge in [0, 0.05) is 13.1 Å². The van der Waals surface area contributed by atoms with Crippen LogP contribution in [0.4, 0.5) is 9.59 Å². The topological polar surface area (TPSA) is 129 Å². The van der Waals surface area contributed by atoms with Crippen molar-refractivity contribution in [1.29, 1.82) is 0 Å². The number of ether oxygens (including phenoxy) is 4. The van der Waals surface area contributed by atoms with Gasteiger partial charge in [0.1, 0.15) is 12.2 Å². The van der Waals surface area contributed by atoms with Crippen LogP contribution in [-0.2, 0) is 41.6 Å². The van der Waals surface area contributed by atoms with Crippen molar-refractivity contribution >= 4 is 24.1 Å². The third-order valence-corrected chi connectivity index (χ3v) is 6.21. The van der Waals surface area contributed by atoms with E-state index in [9.17, 15) is 19.2 Å². The van der Waals surface area contributed by atoms with E-state index in [-0.39, 0.29) is 25.3 Å². The summed E-state index contributed by atoms with van der Waals surface area (Å²) in [6.45, 7) is -0.491. The van der Waals surface area contributed by atoms with Crippen molar-refractivity contribution in [2.24, 2.45) is 0 Å². The van der Waals surface area contributed by atoms with Gasteiger partial charge in [-0.25, -0.2) is 19.2 Å². The minimum atomic E-state index is -0.720. The third-order valence-electron chi connectivity index (χ3n) is 6.21. The number of nitrogens with one attached hydrogen (secondary N) is 2. The predicted molar refractivity (Wildman–Crippen MR) is 129 cm³/mol. The number of hydrogen-bond acceptors (Lipinski definition) is 8. The highest BCUT2D eigenvalue weighted by molar-refractivity contribution is 5.76. The van der Waals surface area contributed by atoms with E-state index in [1.807, 2.05) is 0 Å². The smallest absolute Gasteiger partial charge is 0.407 e. The molecule has 10 nitrogen and oxygen atoms in total. The Hall–Kier alpha value is -3.30. The molecule has 0 bridgehead atoms. The van der Waals surface area contributed by atoms with Gasteiger partial charge < -0.3 is 29.6 Å². The van der Waals surface area contributed by atoms with Crippen molar-refractivity contribution in [2.45, 2.75) is 89.5 Å². The van der Waals surface area contributed by atoms with Crippen LogP contribution in [0.5, 0.6) is 0 Å². The molecule has 0 atom stereocenters. The lowest BCUT2D eigenvalue weighted by Gasteiger charge is -2.21. The van der Waals surface area contributed by atoms with E-state index in [2.05, 4.69) is 10.6 Å². The van der Waals surface area contributed by atoms with Crippen molar-refractivity contribution < 1.29 is 38.1 Å². The maximum Gasteiger partial charge on any atom is 0.407 e. The Kier molecular flexibility index (Phi) is 11.3. The van der Waals surface area contributed by atoms with Crippen LogP contribution < -0.4 is 10.6 Å². The molecule has 0 aliphatic heterocycles. The number of hydrogen-bond donors (Lipinski definition) is 2. The fraction of sp³-hybridized carbons (Fsp3) is 0.615. The van der Waals surface area contributed by atoms with Crippen molar-refractivity contribution in [3.05, 3.63) is 35.4 Å². The van der Waals surface area contributed by atoms with Crippen LogP contribution in [0.25, 0.3) is 0 Å². The van der Waals surface area contributed by atoms with E-state index in [0.29, 0.717) is 0 Å². The molecule has 2 aliphatic rings. The molecule has 2 aliphatic carbocycles. The number of amides is 2. The van der Waals surface area contributed by atoms with Crippen molar-refractivity contribution in [1.82, 2.24) is 10.6 Å². The molecule has 0 saturated heterocycles. The maximum atomic E-state index is 11.9. The van der Waals surface area contributed by atoms with E-state index < -0.39 is 37.3 Å². The Morgan fingerprint density at radius 1 is 0.667 bits per heavy atom. The summed E-state index contributed by atoms with van der Waals surface area (Å²) in [5, 5.41) is 5.17. The lowest BCUT2D eigenvalue weighted by atomic mass is 9.98. The summed E-state index contributed by atoms with van der Waals surface area (Å²) >= 11 is 0. The third kappa shape index (κ3) is 10.5. The largest absolute Gasteiger partial charge is 0.460 e. The summed E-state index contributed by atoms with van der Waals surface area (Å²) in [4.78, 5) is 47.5. The second-order valence-corrected chi connectivity index (χ2v) is 9.18. The zero-order valence-electron chi connectivity index (χ0n) is 20.6. The molecule has 36 heavy (non-hydrogen) atoms. The molecule has 0 unspecified atom stereocenters. The molecular formula is C26H36N2O8. The SMILES string of the molecule is O=C(COC(=O)NCc1cccc(CNC(=O)OCC(=O)OC2CCCCC2)c1)OC1CCCCC1. The van der Waals surface area contributed by atoms with Crippen LogP contribution in [0.2, 0.25) is 0 Å². The van der Waals surface area contributed by atoms with Gasteiger partial charge >= 0.3 is 24.1 Å². The molecule has 2 amide bonds. The highest BCUT2D eigenvalue weighted by Crippen LogP contribution is 2.21. The van der Waals surface area contributed by atoms with Gasteiger partial charge in [0.2, 0.25) is 0 Å². The first-order chi connectivity index (χ1) is 17.5. The van der Waals surface area contributed by atoms with Gasteiger partial charge in [-0.05, 0) is 62.5 Å². The van der Waals surface area contributed by atoms with Crippen LogP contribution in [0.1, 0.15) is 75.3 Å². The van der Waals surface area contributed by atoms with Gasteiger partial charge in [0.05, 0.1) is 0 Å². The van der Waals surface area contributed by atoms with Crippen molar-refractivity contribution in [3.63, 3.8) is 0 Å². The normalized spacial score (nSPS) is 16.4. The quantitative estimate of drug-likeness (QED) is 0.363. The van der Waals surface area contributed by atoms with E-state index in [1.54, 1.807) is 24.3 Å². The summed E-state index contributed by atoms with van der Waals surface area (Å²) in [6, 6.07) is 7.20. The molecule has 0 spiro atoms. The molecule has 0 heterocycles. The molecule has 0 radical (unpaired) electrons. The second kappa shape index (κ2) is 15.0. The Morgan fingerprint density at radius 2 is 1.08 bits per heavy atom. The summed E-state index contributed by atoms with van der Waals surface area (Å²) < 4.78 is 20.5. The second-order valence-electron chi connectivity index (χ2n) is 9.18. The highest BCUT2D eigenvalue weighted by atomic mass is 16.6. The first kappa shape index (κ1) is 27.3. The van der Waals surface area contributed by atoms with Gasteiger partial charge in [-0.15, -0.1) is 0 Å². The molecule has 0 aromatic heterocycles. The molecule has 1 aromatic carbocycles. The molecule has 3 rings (SSSR count). The molecule has 2 N–H and O–H groups in total. The number of rotatable bonds is 10. The average Bonchev–Trinajstić information content (AvgIpc) is 2.90. The first-order valence-corrected chi connectivity index (χ1v) is 12.8. The van der Waals surface area contributed by atoms with Gasteiger partial charge in [0.25, 0.3) is 0 Å². The van der Waals surface area contributed by atoms with Gasteiger partial charge in [0.15, 0.2) is 13.2 Å². The zero-order valence-corrected chi connectivity index (χ0v) is 20.6. The summed E-state index contributed by atoms with van der Waals surface area (Å²) in [6.07, 6.45) is 8.32. The van der Waals surface area contributed by atoms with Gasteiger partial charge in [-0.2, -0.15) is 0 Å². The monoisotopic (exact) mass is 504 g/mol. The van der Waals surface area contributed by atoms with E-state index >= 15 is 0 Å². The molecule has 1 aromatic rings. The number of esters is 2. The first-order valence-electron chi connectivity index (χ1n) is 12.8.